The molecule has 2 heterocycles. The minimum Gasteiger partial charge on any atom is -0.321 e. The molecule has 5 nitrogen and oxygen atoms in total. The molecule has 0 radical (unpaired) electrons. The molecular weight excluding hydrogens is 283 g/mol. The maximum absolute atomic E-state index is 14.1. The summed E-state index contributed by atoms with van der Waals surface area (Å²) in [5, 5.41) is -0.0431. The van der Waals surface area contributed by atoms with Gasteiger partial charge in [0.2, 0.25) is 0 Å². The molecule has 2 N–H and O–H groups in total. The summed E-state index contributed by atoms with van der Waals surface area (Å²) in [7, 11) is 0. The first-order chi connectivity index (χ1) is 10.6. The van der Waals surface area contributed by atoms with Crippen LogP contribution in [0.5, 0.6) is 0 Å². The monoisotopic (exact) mass is 298 g/mol. The molecule has 0 spiro atoms. The van der Waals surface area contributed by atoms with Gasteiger partial charge >= 0.3 is 0 Å². The van der Waals surface area contributed by atoms with Crippen molar-refractivity contribution in [3.63, 3.8) is 0 Å². The number of pyridine rings is 1. The highest BCUT2D eigenvalue weighted by molar-refractivity contribution is 5.78. The van der Waals surface area contributed by atoms with E-state index in [1.807, 2.05) is 6.92 Å². The minimum absolute atomic E-state index is 0.0431. The number of aromatic nitrogens is 3. The van der Waals surface area contributed by atoms with Gasteiger partial charge in [0.25, 0.3) is 5.56 Å². The van der Waals surface area contributed by atoms with Gasteiger partial charge in [-0.2, -0.15) is 0 Å². The second-order valence-corrected chi connectivity index (χ2v) is 4.97. The van der Waals surface area contributed by atoms with Crippen LogP contribution in [0.25, 0.3) is 16.6 Å². The first-order valence-electron chi connectivity index (χ1n) is 7.00. The van der Waals surface area contributed by atoms with E-state index in [9.17, 15) is 9.18 Å². The van der Waals surface area contributed by atoms with Gasteiger partial charge in [0.15, 0.2) is 0 Å². The largest absolute Gasteiger partial charge is 0.321 e. The first kappa shape index (κ1) is 14.3. The summed E-state index contributed by atoms with van der Waals surface area (Å²) in [6.07, 6.45) is 3.73. The Bertz CT molecular complexity index is 876. The summed E-state index contributed by atoms with van der Waals surface area (Å²) < 4.78 is 15.4. The van der Waals surface area contributed by atoms with Gasteiger partial charge in [-0.05, 0) is 30.7 Å². The van der Waals surface area contributed by atoms with Crippen molar-refractivity contribution in [3.8, 4) is 5.69 Å². The van der Waals surface area contributed by atoms with E-state index in [4.69, 9.17) is 5.73 Å². The zero-order valence-corrected chi connectivity index (χ0v) is 12.0. The van der Waals surface area contributed by atoms with Gasteiger partial charge in [-0.25, -0.2) is 9.37 Å². The van der Waals surface area contributed by atoms with Gasteiger partial charge in [0.1, 0.15) is 17.0 Å². The fourth-order valence-corrected chi connectivity index (χ4v) is 2.37. The van der Waals surface area contributed by atoms with Crippen molar-refractivity contribution in [2.45, 2.75) is 19.4 Å². The molecular formula is C16H15FN4O. The number of nitrogens with two attached hydrogens (primary N) is 1. The van der Waals surface area contributed by atoms with E-state index < -0.39 is 17.4 Å². The Balaban J connectivity index is 2.44. The van der Waals surface area contributed by atoms with Gasteiger partial charge in [-0.1, -0.05) is 13.0 Å². The number of halogens is 1. The van der Waals surface area contributed by atoms with E-state index >= 15 is 0 Å². The molecule has 2 aromatic heterocycles. The number of benzene rings is 1. The molecule has 22 heavy (non-hydrogen) atoms. The van der Waals surface area contributed by atoms with Crippen molar-refractivity contribution in [2.24, 2.45) is 5.73 Å². The summed E-state index contributed by atoms with van der Waals surface area (Å²) in [5.41, 5.74) is 6.44. The van der Waals surface area contributed by atoms with Crippen LogP contribution in [0.2, 0.25) is 0 Å². The molecule has 112 valence electrons. The Morgan fingerprint density at radius 2 is 2.14 bits per heavy atom. The Morgan fingerprint density at radius 3 is 2.82 bits per heavy atom. The summed E-state index contributed by atoms with van der Waals surface area (Å²) >= 11 is 0. The lowest BCUT2D eigenvalue weighted by molar-refractivity contribution is 0.614. The quantitative estimate of drug-likeness (QED) is 0.805. The first-order valence-corrected chi connectivity index (χ1v) is 7.00. The lowest BCUT2D eigenvalue weighted by Crippen LogP contribution is -2.28. The van der Waals surface area contributed by atoms with Crippen molar-refractivity contribution in [3.05, 3.63) is 64.7 Å². The van der Waals surface area contributed by atoms with E-state index in [-0.39, 0.29) is 5.39 Å². The zero-order chi connectivity index (χ0) is 15.7. The van der Waals surface area contributed by atoms with Gasteiger partial charge in [0, 0.05) is 6.20 Å². The molecule has 0 saturated carbocycles. The molecule has 0 aliphatic rings. The Kier molecular flexibility index (Phi) is 3.68. The Hall–Kier alpha value is -2.60. The normalized spacial score (nSPS) is 12.5. The highest BCUT2D eigenvalue weighted by Crippen LogP contribution is 2.19. The van der Waals surface area contributed by atoms with Crippen molar-refractivity contribution < 1.29 is 4.39 Å². The van der Waals surface area contributed by atoms with Crippen molar-refractivity contribution in [1.82, 2.24) is 14.5 Å². The van der Waals surface area contributed by atoms with Crippen LogP contribution in [-0.2, 0) is 0 Å². The van der Waals surface area contributed by atoms with Gasteiger partial charge in [0.05, 0.1) is 23.4 Å². The maximum atomic E-state index is 14.1. The molecule has 0 amide bonds. The Labute approximate surface area is 126 Å². The molecule has 0 fully saturated rings. The predicted molar refractivity (Wildman–Crippen MR) is 82.3 cm³/mol. The average molecular weight is 298 g/mol. The van der Waals surface area contributed by atoms with E-state index in [2.05, 4.69) is 9.97 Å². The molecule has 3 rings (SSSR count). The summed E-state index contributed by atoms with van der Waals surface area (Å²) in [4.78, 5) is 21.2. The third-order valence-corrected chi connectivity index (χ3v) is 3.55. The number of rotatable bonds is 3. The van der Waals surface area contributed by atoms with E-state index in [0.717, 1.165) is 0 Å². The summed E-state index contributed by atoms with van der Waals surface area (Å²) in [5.74, 6) is -0.192. The fourth-order valence-electron chi connectivity index (χ4n) is 2.37. The molecule has 1 aromatic carbocycles. The third-order valence-electron chi connectivity index (χ3n) is 3.55. The van der Waals surface area contributed by atoms with E-state index in [1.165, 1.54) is 22.9 Å². The lowest BCUT2D eigenvalue weighted by Gasteiger charge is -2.17. The zero-order valence-electron chi connectivity index (χ0n) is 12.0. The van der Waals surface area contributed by atoms with Crippen LogP contribution in [0.1, 0.15) is 25.2 Å². The fraction of sp³-hybridized carbons (Fsp3) is 0.188. The van der Waals surface area contributed by atoms with Crippen LogP contribution in [0.4, 0.5) is 4.39 Å². The molecule has 0 aliphatic heterocycles. The summed E-state index contributed by atoms with van der Waals surface area (Å²) in [6.45, 7) is 1.90. The molecule has 0 bridgehead atoms. The van der Waals surface area contributed by atoms with E-state index in [0.29, 0.717) is 23.4 Å². The smallest absolute Gasteiger partial charge is 0.269 e. The molecule has 0 aliphatic carbocycles. The maximum Gasteiger partial charge on any atom is 0.269 e. The van der Waals surface area contributed by atoms with Crippen LogP contribution in [0.15, 0.2) is 47.5 Å². The summed E-state index contributed by atoms with van der Waals surface area (Å²) in [6, 6.07) is 7.38. The van der Waals surface area contributed by atoms with Crippen molar-refractivity contribution >= 4 is 10.9 Å². The van der Waals surface area contributed by atoms with Crippen LogP contribution in [0, 0.1) is 5.82 Å². The van der Waals surface area contributed by atoms with Crippen LogP contribution < -0.4 is 11.3 Å². The molecule has 3 aromatic rings. The predicted octanol–water partition coefficient (Wildman–Crippen LogP) is 2.33. The number of hydrogen-bond donors (Lipinski definition) is 1. The second-order valence-electron chi connectivity index (χ2n) is 4.97. The highest BCUT2D eigenvalue weighted by Gasteiger charge is 2.19. The SMILES string of the molecule is CCC(N)c1nc2cccc(F)c2c(=O)n1-c1cccnc1. The van der Waals surface area contributed by atoms with Gasteiger partial charge < -0.3 is 5.73 Å². The third kappa shape index (κ3) is 2.27. The lowest BCUT2D eigenvalue weighted by atomic mass is 10.1. The average Bonchev–Trinajstić information content (AvgIpc) is 2.54. The van der Waals surface area contributed by atoms with E-state index in [1.54, 1.807) is 24.4 Å². The Morgan fingerprint density at radius 1 is 1.32 bits per heavy atom. The molecule has 1 unspecified atom stereocenters. The van der Waals surface area contributed by atoms with Crippen molar-refractivity contribution in [1.29, 1.82) is 0 Å². The second kappa shape index (κ2) is 5.65. The minimum atomic E-state index is -0.593. The van der Waals surface area contributed by atoms with Crippen LogP contribution in [-0.4, -0.2) is 14.5 Å². The molecule has 0 saturated heterocycles. The van der Waals surface area contributed by atoms with Crippen LogP contribution in [0.3, 0.4) is 0 Å². The standard InChI is InChI=1S/C16H15FN4O/c1-2-12(18)15-20-13-7-3-6-11(17)14(13)16(22)21(15)10-5-4-8-19-9-10/h3-9,12H,2,18H2,1H3. The highest BCUT2D eigenvalue weighted by atomic mass is 19.1. The topological polar surface area (TPSA) is 73.8 Å². The number of nitrogens with zero attached hydrogens (tertiary/aromatic N) is 3. The van der Waals surface area contributed by atoms with Crippen LogP contribution >= 0.6 is 0 Å². The molecule has 6 heteroatoms. The number of hydrogen-bond acceptors (Lipinski definition) is 4. The van der Waals surface area contributed by atoms with Gasteiger partial charge in [-0.3, -0.25) is 14.3 Å². The van der Waals surface area contributed by atoms with Crippen molar-refractivity contribution in [2.75, 3.05) is 0 Å². The number of fused-ring (bicyclic) bond motifs is 1. The molecule has 1 atom stereocenters. The van der Waals surface area contributed by atoms with Gasteiger partial charge in [-0.15, -0.1) is 0 Å².